The first-order valence-corrected chi connectivity index (χ1v) is 6.73. The van der Waals surface area contributed by atoms with Crippen LogP contribution in [0.5, 0.6) is 5.75 Å². The number of benzene rings is 2. The van der Waals surface area contributed by atoms with Crippen LogP contribution in [0.15, 0.2) is 48.5 Å². The van der Waals surface area contributed by atoms with Crippen molar-refractivity contribution < 1.29 is 4.74 Å². The van der Waals surface area contributed by atoms with Crippen molar-refractivity contribution in [2.75, 3.05) is 7.11 Å². The van der Waals surface area contributed by atoms with E-state index in [9.17, 15) is 0 Å². The molecule has 1 aromatic heterocycles. The largest absolute Gasteiger partial charge is 0.496 e. The van der Waals surface area contributed by atoms with Gasteiger partial charge in [-0.3, -0.25) is 0 Å². The average molecular weight is 280 g/mol. The molecule has 0 amide bonds. The van der Waals surface area contributed by atoms with Crippen molar-refractivity contribution in [3.63, 3.8) is 0 Å². The van der Waals surface area contributed by atoms with Crippen LogP contribution in [0, 0.1) is 6.92 Å². The van der Waals surface area contributed by atoms with Crippen LogP contribution in [-0.4, -0.2) is 27.3 Å². The minimum atomic E-state index is 0.531. The highest BCUT2D eigenvalue weighted by atomic mass is 16.5. The van der Waals surface area contributed by atoms with E-state index >= 15 is 0 Å². The van der Waals surface area contributed by atoms with Gasteiger partial charge in [0.1, 0.15) is 5.75 Å². The van der Waals surface area contributed by atoms with Gasteiger partial charge in [-0.1, -0.05) is 42.5 Å². The van der Waals surface area contributed by atoms with E-state index in [2.05, 4.69) is 15.4 Å². The first kappa shape index (κ1) is 13.3. The summed E-state index contributed by atoms with van der Waals surface area (Å²) in [7, 11) is 1.66. The van der Waals surface area contributed by atoms with Gasteiger partial charge in [0, 0.05) is 11.1 Å². The lowest BCUT2D eigenvalue weighted by atomic mass is 10.1. The Labute approximate surface area is 123 Å². The van der Waals surface area contributed by atoms with Crippen LogP contribution in [0.3, 0.4) is 0 Å². The van der Waals surface area contributed by atoms with Gasteiger partial charge in [0.2, 0.25) is 5.82 Å². The molecule has 0 aliphatic carbocycles. The molecule has 0 aliphatic heterocycles. The highest BCUT2D eigenvalue weighted by Gasteiger charge is 2.10. The third kappa shape index (κ3) is 2.76. The molecule has 1 heterocycles. The second kappa shape index (κ2) is 5.75. The van der Waals surface area contributed by atoms with Crippen LogP contribution >= 0.6 is 0 Å². The zero-order valence-electron chi connectivity index (χ0n) is 12.0. The summed E-state index contributed by atoms with van der Waals surface area (Å²) in [6.07, 6.45) is 0. The van der Waals surface area contributed by atoms with Gasteiger partial charge < -0.3 is 4.74 Å². The molecule has 21 heavy (non-hydrogen) atoms. The van der Waals surface area contributed by atoms with E-state index < -0.39 is 0 Å². The summed E-state index contributed by atoms with van der Waals surface area (Å²) < 4.78 is 5.34. The first-order valence-electron chi connectivity index (χ1n) is 6.73. The number of methoxy groups -OCH3 is 1. The lowest BCUT2D eigenvalue weighted by Gasteiger charge is -2.06. The van der Waals surface area contributed by atoms with E-state index in [1.165, 1.54) is 0 Å². The minimum Gasteiger partial charge on any atom is -0.496 e. The van der Waals surface area contributed by atoms with Gasteiger partial charge in [0.15, 0.2) is 0 Å². The Hall–Kier alpha value is -2.69. The minimum absolute atomic E-state index is 0.531. The summed E-state index contributed by atoms with van der Waals surface area (Å²) >= 11 is 0. The van der Waals surface area contributed by atoms with Crippen LogP contribution in [0.2, 0.25) is 0 Å². The Kier molecular flexibility index (Phi) is 3.64. The third-order valence-corrected chi connectivity index (χ3v) is 3.34. The van der Waals surface area contributed by atoms with Crippen molar-refractivity contribution in [1.82, 2.24) is 20.2 Å². The SMILES string of the molecule is COc1ccccc1Cn1nnc(-c2ccccc2C)n1. The molecule has 3 rings (SSSR count). The van der Waals surface area contributed by atoms with E-state index in [1.54, 1.807) is 11.9 Å². The fraction of sp³-hybridized carbons (Fsp3) is 0.188. The van der Waals surface area contributed by atoms with Gasteiger partial charge in [-0.25, -0.2) is 0 Å². The number of aryl methyl sites for hydroxylation is 1. The molecule has 0 atom stereocenters. The topological polar surface area (TPSA) is 52.8 Å². The smallest absolute Gasteiger partial charge is 0.205 e. The molecule has 0 saturated heterocycles. The lowest BCUT2D eigenvalue weighted by molar-refractivity contribution is 0.405. The van der Waals surface area contributed by atoms with Gasteiger partial charge in [-0.05, 0) is 23.8 Å². The Bertz CT molecular complexity index is 751. The van der Waals surface area contributed by atoms with Crippen LogP contribution in [0.1, 0.15) is 11.1 Å². The van der Waals surface area contributed by atoms with Crippen molar-refractivity contribution in [2.24, 2.45) is 0 Å². The Morgan fingerprint density at radius 1 is 1.05 bits per heavy atom. The molecule has 2 aromatic carbocycles. The summed E-state index contributed by atoms with van der Waals surface area (Å²) in [5.41, 5.74) is 3.16. The number of ether oxygens (including phenoxy) is 1. The molecule has 5 nitrogen and oxygen atoms in total. The number of aromatic nitrogens is 4. The zero-order chi connectivity index (χ0) is 14.7. The van der Waals surface area contributed by atoms with Gasteiger partial charge in [0.25, 0.3) is 0 Å². The fourth-order valence-corrected chi connectivity index (χ4v) is 2.23. The Balaban J connectivity index is 1.87. The molecule has 0 N–H and O–H groups in total. The van der Waals surface area contributed by atoms with E-state index in [0.717, 1.165) is 22.4 Å². The summed E-state index contributed by atoms with van der Waals surface area (Å²) in [4.78, 5) is 1.58. The molecule has 0 saturated carbocycles. The number of rotatable bonds is 4. The summed E-state index contributed by atoms with van der Waals surface area (Å²) in [5.74, 6) is 1.47. The van der Waals surface area contributed by atoms with Crippen LogP contribution in [0.25, 0.3) is 11.4 Å². The van der Waals surface area contributed by atoms with E-state index in [1.807, 2.05) is 55.5 Å². The number of hydrogen-bond donors (Lipinski definition) is 0. The second-order valence-electron chi connectivity index (χ2n) is 4.77. The predicted octanol–water partition coefficient (Wildman–Crippen LogP) is 2.71. The number of para-hydroxylation sites is 1. The van der Waals surface area contributed by atoms with Crippen molar-refractivity contribution >= 4 is 0 Å². The van der Waals surface area contributed by atoms with Gasteiger partial charge in [0.05, 0.1) is 13.7 Å². The maximum atomic E-state index is 5.34. The molecule has 0 aliphatic rings. The standard InChI is InChI=1S/C16H16N4O/c1-12-7-3-5-9-14(12)16-17-19-20(18-16)11-13-8-4-6-10-15(13)21-2/h3-10H,11H2,1-2H3. The van der Waals surface area contributed by atoms with Crippen LogP contribution in [0.4, 0.5) is 0 Å². The summed E-state index contributed by atoms with van der Waals surface area (Å²) in [5, 5.41) is 12.7. The molecule has 0 radical (unpaired) electrons. The van der Waals surface area contributed by atoms with E-state index in [-0.39, 0.29) is 0 Å². The molecule has 0 unspecified atom stereocenters. The molecule has 0 spiro atoms. The lowest BCUT2D eigenvalue weighted by Crippen LogP contribution is -2.05. The molecule has 0 bridgehead atoms. The van der Waals surface area contributed by atoms with Crippen molar-refractivity contribution in [3.05, 3.63) is 59.7 Å². The first-order chi connectivity index (χ1) is 10.3. The maximum absolute atomic E-state index is 5.34. The third-order valence-electron chi connectivity index (χ3n) is 3.34. The van der Waals surface area contributed by atoms with Crippen LogP contribution < -0.4 is 4.74 Å². The maximum Gasteiger partial charge on any atom is 0.205 e. The number of hydrogen-bond acceptors (Lipinski definition) is 4. The monoisotopic (exact) mass is 280 g/mol. The van der Waals surface area contributed by atoms with E-state index in [0.29, 0.717) is 12.4 Å². The highest BCUT2D eigenvalue weighted by molar-refractivity contribution is 5.58. The fourth-order valence-electron chi connectivity index (χ4n) is 2.23. The van der Waals surface area contributed by atoms with Gasteiger partial charge >= 0.3 is 0 Å². The summed E-state index contributed by atoms with van der Waals surface area (Å²) in [6.45, 7) is 2.57. The highest BCUT2D eigenvalue weighted by Crippen LogP contribution is 2.20. The Morgan fingerprint density at radius 3 is 2.62 bits per heavy atom. The van der Waals surface area contributed by atoms with Gasteiger partial charge in [-0.2, -0.15) is 4.80 Å². The number of nitrogens with zero attached hydrogens (tertiary/aromatic N) is 4. The quantitative estimate of drug-likeness (QED) is 0.737. The predicted molar refractivity (Wildman–Crippen MR) is 80.1 cm³/mol. The average Bonchev–Trinajstić information content (AvgIpc) is 2.96. The molecule has 106 valence electrons. The summed E-state index contributed by atoms with van der Waals surface area (Å²) in [6, 6.07) is 15.8. The van der Waals surface area contributed by atoms with Gasteiger partial charge in [-0.15, -0.1) is 10.2 Å². The normalized spacial score (nSPS) is 10.6. The molecular weight excluding hydrogens is 264 g/mol. The van der Waals surface area contributed by atoms with E-state index in [4.69, 9.17) is 4.74 Å². The number of tetrazole rings is 1. The molecule has 0 fully saturated rings. The molecule has 3 aromatic rings. The second-order valence-corrected chi connectivity index (χ2v) is 4.77. The molecular formula is C16H16N4O. The van der Waals surface area contributed by atoms with Crippen LogP contribution in [-0.2, 0) is 6.54 Å². The van der Waals surface area contributed by atoms with Crippen molar-refractivity contribution in [3.8, 4) is 17.1 Å². The van der Waals surface area contributed by atoms with Crippen molar-refractivity contribution in [1.29, 1.82) is 0 Å². The van der Waals surface area contributed by atoms with Crippen molar-refractivity contribution in [2.45, 2.75) is 13.5 Å². The molecule has 5 heteroatoms. The zero-order valence-corrected chi connectivity index (χ0v) is 12.0. The Morgan fingerprint density at radius 2 is 1.81 bits per heavy atom.